The fourth-order valence-electron chi connectivity index (χ4n) is 3.97. The van der Waals surface area contributed by atoms with Crippen molar-refractivity contribution in [2.45, 2.75) is 32.7 Å². The lowest BCUT2D eigenvalue weighted by molar-refractivity contribution is 0.0936. The summed E-state index contributed by atoms with van der Waals surface area (Å²) in [6.07, 6.45) is 3.84. The van der Waals surface area contributed by atoms with Crippen LogP contribution in [0.5, 0.6) is 5.75 Å². The van der Waals surface area contributed by atoms with Crippen molar-refractivity contribution >= 4 is 17.0 Å². The average Bonchev–Trinajstić information content (AvgIpc) is 3.26. The van der Waals surface area contributed by atoms with Gasteiger partial charge in [-0.2, -0.15) is 0 Å². The molecule has 6 nitrogen and oxygen atoms in total. The van der Waals surface area contributed by atoms with E-state index in [2.05, 4.69) is 10.2 Å². The van der Waals surface area contributed by atoms with Crippen molar-refractivity contribution < 1.29 is 13.9 Å². The van der Waals surface area contributed by atoms with Crippen LogP contribution in [0.4, 0.5) is 0 Å². The second kappa shape index (κ2) is 9.18. The predicted octanol–water partition coefficient (Wildman–Crippen LogP) is 3.84. The van der Waals surface area contributed by atoms with E-state index in [0.717, 1.165) is 42.2 Å². The predicted molar refractivity (Wildman–Crippen MR) is 114 cm³/mol. The highest BCUT2D eigenvalue weighted by atomic mass is 16.5. The summed E-state index contributed by atoms with van der Waals surface area (Å²) in [5, 5.41) is 3.08. The number of para-hydroxylation sites is 1. The molecule has 0 unspecified atom stereocenters. The summed E-state index contributed by atoms with van der Waals surface area (Å²) in [5.41, 5.74) is 2.29. The summed E-state index contributed by atoms with van der Waals surface area (Å²) in [6.45, 7) is 6.80. The quantitative estimate of drug-likeness (QED) is 0.630. The van der Waals surface area contributed by atoms with Gasteiger partial charge in [-0.3, -0.25) is 4.79 Å². The zero-order valence-corrected chi connectivity index (χ0v) is 17.0. The summed E-state index contributed by atoms with van der Waals surface area (Å²) >= 11 is 0. The number of rotatable bonds is 8. The zero-order chi connectivity index (χ0) is 20.1. The van der Waals surface area contributed by atoms with Crippen molar-refractivity contribution in [1.29, 1.82) is 0 Å². The number of furan rings is 1. The number of ether oxygens (including phenoxy) is 1. The standard InChI is InChI=1S/C23H29N3O3/c1-18-16-20-22(29-18)17-21(23(27)24-10-13-25-11-6-3-7-12-25)26(20)14-15-28-19-8-4-2-5-9-19/h2,4-5,8-9,16-17H,3,6-7,10-15H2,1H3,(H,24,27). The number of hydrogen-bond acceptors (Lipinski definition) is 4. The fraction of sp³-hybridized carbons (Fsp3) is 0.435. The number of likely N-dealkylation sites (tertiary alicyclic amines) is 1. The molecular formula is C23H29N3O3. The number of benzene rings is 1. The molecule has 0 atom stereocenters. The molecule has 2 aromatic heterocycles. The number of carbonyl (C=O) groups is 1. The van der Waals surface area contributed by atoms with Crippen LogP contribution in [0, 0.1) is 6.92 Å². The number of piperidine rings is 1. The summed E-state index contributed by atoms with van der Waals surface area (Å²) in [6, 6.07) is 13.5. The van der Waals surface area contributed by atoms with Gasteiger partial charge in [-0.15, -0.1) is 0 Å². The highest BCUT2D eigenvalue weighted by molar-refractivity contribution is 5.97. The highest BCUT2D eigenvalue weighted by Gasteiger charge is 2.19. The first-order chi connectivity index (χ1) is 14.2. The first kappa shape index (κ1) is 19.6. The molecule has 1 N–H and O–H groups in total. The van der Waals surface area contributed by atoms with Gasteiger partial charge in [0, 0.05) is 25.2 Å². The van der Waals surface area contributed by atoms with Crippen molar-refractivity contribution in [3.8, 4) is 5.75 Å². The lowest BCUT2D eigenvalue weighted by Crippen LogP contribution is -2.38. The first-order valence-electron chi connectivity index (χ1n) is 10.5. The van der Waals surface area contributed by atoms with Crippen LogP contribution in [-0.4, -0.2) is 48.2 Å². The maximum atomic E-state index is 12.9. The van der Waals surface area contributed by atoms with Crippen LogP contribution in [0.1, 0.15) is 35.5 Å². The topological polar surface area (TPSA) is 59.6 Å². The molecule has 154 valence electrons. The van der Waals surface area contributed by atoms with Gasteiger partial charge in [0.05, 0.1) is 12.1 Å². The molecule has 0 aliphatic carbocycles. The van der Waals surface area contributed by atoms with E-state index < -0.39 is 0 Å². The molecule has 29 heavy (non-hydrogen) atoms. The monoisotopic (exact) mass is 395 g/mol. The number of nitrogens with zero attached hydrogens (tertiary/aromatic N) is 2. The van der Waals surface area contributed by atoms with Crippen molar-refractivity contribution in [3.63, 3.8) is 0 Å². The fourth-order valence-corrected chi connectivity index (χ4v) is 3.97. The molecule has 1 aliphatic rings. The Balaban J connectivity index is 1.41. The Hall–Kier alpha value is -2.73. The van der Waals surface area contributed by atoms with Crippen molar-refractivity contribution in [2.24, 2.45) is 0 Å². The highest BCUT2D eigenvalue weighted by Crippen LogP contribution is 2.24. The normalized spacial score (nSPS) is 14.9. The Bertz CT molecular complexity index is 939. The maximum absolute atomic E-state index is 12.9. The summed E-state index contributed by atoms with van der Waals surface area (Å²) in [7, 11) is 0. The van der Waals surface area contributed by atoms with Gasteiger partial charge in [0.15, 0.2) is 5.58 Å². The van der Waals surface area contributed by atoms with Crippen LogP contribution in [0.3, 0.4) is 0 Å². The van der Waals surface area contributed by atoms with Crippen molar-refractivity contribution in [3.05, 3.63) is 53.9 Å². The molecule has 1 fully saturated rings. The lowest BCUT2D eigenvalue weighted by atomic mass is 10.1. The van der Waals surface area contributed by atoms with Gasteiger partial charge >= 0.3 is 0 Å². The van der Waals surface area contributed by atoms with E-state index in [0.29, 0.717) is 25.4 Å². The summed E-state index contributed by atoms with van der Waals surface area (Å²) in [4.78, 5) is 15.3. The van der Waals surface area contributed by atoms with Gasteiger partial charge in [0.1, 0.15) is 23.8 Å². The van der Waals surface area contributed by atoms with Crippen LogP contribution in [0.15, 0.2) is 46.9 Å². The minimum atomic E-state index is -0.0641. The van der Waals surface area contributed by atoms with Gasteiger partial charge in [-0.05, 0) is 45.0 Å². The third kappa shape index (κ3) is 4.82. The van der Waals surface area contributed by atoms with E-state index in [1.165, 1.54) is 19.3 Å². The van der Waals surface area contributed by atoms with Crippen LogP contribution in [0.25, 0.3) is 11.1 Å². The van der Waals surface area contributed by atoms with Gasteiger partial charge < -0.3 is 23.9 Å². The molecule has 0 saturated carbocycles. The van der Waals surface area contributed by atoms with Gasteiger partial charge in [0.25, 0.3) is 5.91 Å². The molecule has 0 radical (unpaired) electrons. The Morgan fingerprint density at radius 3 is 2.69 bits per heavy atom. The Kier molecular flexibility index (Phi) is 6.20. The number of fused-ring (bicyclic) bond motifs is 1. The Morgan fingerprint density at radius 1 is 1.10 bits per heavy atom. The lowest BCUT2D eigenvalue weighted by Gasteiger charge is -2.26. The molecule has 3 aromatic rings. The zero-order valence-electron chi connectivity index (χ0n) is 17.0. The van der Waals surface area contributed by atoms with Crippen LogP contribution >= 0.6 is 0 Å². The molecule has 1 saturated heterocycles. The van der Waals surface area contributed by atoms with E-state index in [1.54, 1.807) is 0 Å². The van der Waals surface area contributed by atoms with Gasteiger partial charge in [-0.25, -0.2) is 0 Å². The molecule has 3 heterocycles. The number of aromatic nitrogens is 1. The van der Waals surface area contributed by atoms with Crippen LogP contribution in [-0.2, 0) is 6.54 Å². The number of aryl methyl sites for hydroxylation is 1. The molecular weight excluding hydrogens is 366 g/mol. The molecule has 0 spiro atoms. The van der Waals surface area contributed by atoms with Crippen molar-refractivity contribution in [2.75, 3.05) is 32.8 Å². The SMILES string of the molecule is Cc1cc2c(cc(C(=O)NCCN3CCCCC3)n2CCOc2ccccc2)o1. The Labute approximate surface area is 171 Å². The van der Waals surface area contributed by atoms with E-state index in [4.69, 9.17) is 9.15 Å². The number of nitrogens with one attached hydrogen (secondary N) is 1. The van der Waals surface area contributed by atoms with E-state index in [9.17, 15) is 4.79 Å². The van der Waals surface area contributed by atoms with Crippen LogP contribution in [0.2, 0.25) is 0 Å². The molecule has 6 heteroatoms. The van der Waals surface area contributed by atoms with E-state index >= 15 is 0 Å². The summed E-state index contributed by atoms with van der Waals surface area (Å²) < 4.78 is 13.6. The number of carbonyl (C=O) groups excluding carboxylic acids is 1. The summed E-state index contributed by atoms with van der Waals surface area (Å²) in [5.74, 6) is 1.60. The third-order valence-electron chi connectivity index (χ3n) is 5.43. The maximum Gasteiger partial charge on any atom is 0.268 e. The van der Waals surface area contributed by atoms with Crippen molar-refractivity contribution in [1.82, 2.24) is 14.8 Å². The molecule has 4 rings (SSSR count). The smallest absolute Gasteiger partial charge is 0.268 e. The van der Waals surface area contributed by atoms with Gasteiger partial charge in [-0.1, -0.05) is 24.6 Å². The first-order valence-corrected chi connectivity index (χ1v) is 10.5. The molecule has 1 amide bonds. The Morgan fingerprint density at radius 2 is 1.90 bits per heavy atom. The molecule has 1 aromatic carbocycles. The minimum Gasteiger partial charge on any atom is -0.492 e. The minimum absolute atomic E-state index is 0.0641. The van der Waals surface area contributed by atoms with Gasteiger partial charge in [0.2, 0.25) is 0 Å². The second-order valence-corrected chi connectivity index (χ2v) is 7.61. The third-order valence-corrected chi connectivity index (χ3v) is 5.43. The molecule has 1 aliphatic heterocycles. The average molecular weight is 396 g/mol. The molecule has 0 bridgehead atoms. The van der Waals surface area contributed by atoms with E-state index in [1.807, 2.05) is 54.0 Å². The van der Waals surface area contributed by atoms with E-state index in [-0.39, 0.29) is 5.91 Å². The number of amides is 1. The largest absolute Gasteiger partial charge is 0.492 e. The van der Waals surface area contributed by atoms with Crippen LogP contribution < -0.4 is 10.1 Å². The number of hydrogen-bond donors (Lipinski definition) is 1. The second-order valence-electron chi connectivity index (χ2n) is 7.61.